The van der Waals surface area contributed by atoms with Gasteiger partial charge in [0.25, 0.3) is 0 Å². The highest BCUT2D eigenvalue weighted by atomic mass is 16.2. The minimum Gasteiger partial charge on any atom is -0.351 e. The molecule has 0 fully saturated rings. The van der Waals surface area contributed by atoms with E-state index in [4.69, 9.17) is 5.73 Å². The van der Waals surface area contributed by atoms with E-state index in [0.717, 1.165) is 17.7 Å². The van der Waals surface area contributed by atoms with Gasteiger partial charge >= 0.3 is 6.03 Å². The van der Waals surface area contributed by atoms with Gasteiger partial charge in [-0.1, -0.05) is 38.5 Å². The molecule has 1 aliphatic rings. The summed E-state index contributed by atoms with van der Waals surface area (Å²) in [4.78, 5) is 25.8. The Labute approximate surface area is 119 Å². The lowest BCUT2D eigenvalue weighted by atomic mass is 9.95. The molecule has 5 nitrogen and oxygen atoms in total. The number of para-hydroxylation sites is 1. The van der Waals surface area contributed by atoms with E-state index in [-0.39, 0.29) is 17.9 Å². The average Bonchev–Trinajstić information content (AvgIpc) is 2.53. The fraction of sp³-hybridized carbons (Fsp3) is 0.467. The van der Waals surface area contributed by atoms with Gasteiger partial charge in [-0.15, -0.1) is 0 Å². The number of nitrogens with one attached hydrogen (secondary N) is 1. The van der Waals surface area contributed by atoms with Gasteiger partial charge in [-0.05, 0) is 24.5 Å². The van der Waals surface area contributed by atoms with Gasteiger partial charge in [0.05, 0.1) is 6.04 Å². The van der Waals surface area contributed by atoms with Crippen molar-refractivity contribution in [1.82, 2.24) is 4.90 Å². The van der Waals surface area contributed by atoms with E-state index >= 15 is 0 Å². The molecule has 0 aliphatic carbocycles. The van der Waals surface area contributed by atoms with Crippen molar-refractivity contribution >= 4 is 17.6 Å². The predicted octanol–water partition coefficient (Wildman–Crippen LogP) is 2.50. The number of amides is 3. The number of hydrogen-bond donors (Lipinski definition) is 2. The molecule has 3 atom stereocenters. The van der Waals surface area contributed by atoms with Crippen LogP contribution in [0.5, 0.6) is 0 Å². The number of carbonyl (C=O) groups excluding carboxylic acids is 2. The molecule has 1 heterocycles. The maximum Gasteiger partial charge on any atom is 0.315 e. The van der Waals surface area contributed by atoms with Crippen molar-refractivity contribution in [2.24, 2.45) is 11.7 Å². The van der Waals surface area contributed by atoms with Crippen molar-refractivity contribution in [3.63, 3.8) is 0 Å². The Hall–Kier alpha value is -2.04. The summed E-state index contributed by atoms with van der Waals surface area (Å²) in [5.41, 5.74) is 7.20. The van der Waals surface area contributed by atoms with Crippen LogP contribution in [0.25, 0.3) is 0 Å². The molecule has 1 unspecified atom stereocenters. The molecule has 0 saturated carbocycles. The van der Waals surface area contributed by atoms with Gasteiger partial charge in [0.15, 0.2) is 0 Å². The second-order valence-corrected chi connectivity index (χ2v) is 5.33. The van der Waals surface area contributed by atoms with Gasteiger partial charge < -0.3 is 16.0 Å². The van der Waals surface area contributed by atoms with Gasteiger partial charge in [-0.3, -0.25) is 4.79 Å². The van der Waals surface area contributed by atoms with Crippen molar-refractivity contribution in [3.05, 3.63) is 29.8 Å². The van der Waals surface area contributed by atoms with Crippen LogP contribution in [0, 0.1) is 5.92 Å². The van der Waals surface area contributed by atoms with E-state index in [0.29, 0.717) is 0 Å². The Bertz CT molecular complexity index is 530. The van der Waals surface area contributed by atoms with Crippen molar-refractivity contribution in [3.8, 4) is 0 Å². The van der Waals surface area contributed by atoms with Crippen LogP contribution in [0.4, 0.5) is 10.5 Å². The first-order valence-electron chi connectivity index (χ1n) is 6.95. The highest BCUT2D eigenvalue weighted by molar-refractivity contribution is 5.99. The Kier molecular flexibility index (Phi) is 3.97. The lowest BCUT2D eigenvalue weighted by Gasteiger charge is -2.35. The van der Waals surface area contributed by atoms with Crippen LogP contribution >= 0.6 is 0 Å². The van der Waals surface area contributed by atoms with Crippen LogP contribution in [0.2, 0.25) is 0 Å². The lowest BCUT2D eigenvalue weighted by Crippen LogP contribution is -2.52. The summed E-state index contributed by atoms with van der Waals surface area (Å²) >= 11 is 0. The van der Waals surface area contributed by atoms with Crippen LogP contribution in [0.15, 0.2) is 24.3 Å². The quantitative estimate of drug-likeness (QED) is 0.870. The number of urea groups is 1. The Morgan fingerprint density at radius 2 is 2.10 bits per heavy atom. The van der Waals surface area contributed by atoms with Crippen LogP contribution in [-0.4, -0.2) is 22.9 Å². The van der Waals surface area contributed by atoms with E-state index in [1.165, 1.54) is 4.90 Å². The van der Waals surface area contributed by atoms with E-state index in [2.05, 4.69) is 5.32 Å². The Morgan fingerprint density at radius 1 is 1.45 bits per heavy atom. The number of anilines is 1. The molecule has 20 heavy (non-hydrogen) atoms. The molecule has 2 rings (SSSR count). The number of fused-ring (bicyclic) bond motifs is 1. The largest absolute Gasteiger partial charge is 0.351 e. The first-order valence-corrected chi connectivity index (χ1v) is 6.95. The van der Waals surface area contributed by atoms with Crippen molar-refractivity contribution in [2.45, 2.75) is 39.3 Å². The highest BCUT2D eigenvalue weighted by Crippen LogP contribution is 2.34. The normalized spacial score (nSPS) is 23.6. The monoisotopic (exact) mass is 275 g/mol. The minimum atomic E-state index is -0.561. The third kappa shape index (κ3) is 2.35. The first kappa shape index (κ1) is 14.4. The molecule has 1 aromatic carbocycles. The van der Waals surface area contributed by atoms with Crippen LogP contribution < -0.4 is 11.1 Å². The molecular weight excluding hydrogens is 254 g/mol. The molecule has 5 heteroatoms. The summed E-state index contributed by atoms with van der Waals surface area (Å²) < 4.78 is 0. The van der Waals surface area contributed by atoms with Gasteiger partial charge in [-0.25, -0.2) is 4.79 Å². The molecule has 0 radical (unpaired) electrons. The average molecular weight is 275 g/mol. The minimum absolute atomic E-state index is 0.0410. The summed E-state index contributed by atoms with van der Waals surface area (Å²) in [6, 6.07) is 6.18. The summed E-state index contributed by atoms with van der Waals surface area (Å²) in [5, 5.41) is 2.91. The second-order valence-electron chi connectivity index (χ2n) is 5.33. The predicted molar refractivity (Wildman–Crippen MR) is 78.2 cm³/mol. The fourth-order valence-electron chi connectivity index (χ4n) is 2.78. The van der Waals surface area contributed by atoms with E-state index < -0.39 is 12.1 Å². The maximum absolute atomic E-state index is 12.5. The van der Waals surface area contributed by atoms with Crippen LogP contribution in [-0.2, 0) is 4.79 Å². The number of hydrogen-bond acceptors (Lipinski definition) is 2. The summed E-state index contributed by atoms with van der Waals surface area (Å²) in [5.74, 6) is -0.130. The molecule has 1 aliphatic heterocycles. The number of nitrogens with zero attached hydrogens (tertiary/aromatic N) is 1. The molecule has 108 valence electrons. The van der Waals surface area contributed by atoms with E-state index in [1.54, 1.807) is 0 Å². The Morgan fingerprint density at radius 3 is 2.70 bits per heavy atom. The molecule has 3 amide bonds. The standard InChI is InChI=1S/C15H21N3O2/c1-4-9(2)13-14(19)17-12-8-6-5-7-11(12)10(3)18(13)15(16)20/h5-10,13H,4H2,1-3H3,(H2,16,20)(H,17,19)/t9-,10?,13-/m0/s1. The fourth-order valence-corrected chi connectivity index (χ4v) is 2.78. The SMILES string of the molecule is CC[C@H](C)[C@H]1C(=O)Nc2ccccc2C(C)N1C(N)=O. The smallest absolute Gasteiger partial charge is 0.315 e. The number of carbonyl (C=O) groups is 2. The first-order chi connectivity index (χ1) is 9.47. The summed E-state index contributed by atoms with van der Waals surface area (Å²) in [6.45, 7) is 5.86. The lowest BCUT2D eigenvalue weighted by molar-refractivity contribution is -0.122. The molecule has 0 bridgehead atoms. The zero-order valence-electron chi connectivity index (χ0n) is 12.1. The van der Waals surface area contributed by atoms with Gasteiger partial charge in [-0.2, -0.15) is 0 Å². The summed E-state index contributed by atoms with van der Waals surface area (Å²) in [7, 11) is 0. The maximum atomic E-state index is 12.5. The summed E-state index contributed by atoms with van der Waals surface area (Å²) in [6.07, 6.45) is 0.797. The zero-order valence-corrected chi connectivity index (χ0v) is 12.1. The van der Waals surface area contributed by atoms with Gasteiger partial charge in [0.2, 0.25) is 5.91 Å². The van der Waals surface area contributed by atoms with Crippen molar-refractivity contribution in [1.29, 1.82) is 0 Å². The zero-order chi connectivity index (χ0) is 14.9. The number of primary amides is 1. The molecular formula is C15H21N3O2. The van der Waals surface area contributed by atoms with Crippen LogP contribution in [0.3, 0.4) is 0 Å². The highest BCUT2D eigenvalue weighted by Gasteiger charge is 2.39. The topological polar surface area (TPSA) is 75.4 Å². The molecule has 1 aromatic rings. The number of rotatable bonds is 2. The molecule has 3 N–H and O–H groups in total. The van der Waals surface area contributed by atoms with Crippen molar-refractivity contribution < 1.29 is 9.59 Å². The third-order valence-electron chi connectivity index (χ3n) is 4.09. The number of nitrogens with two attached hydrogens (primary N) is 1. The Balaban J connectivity index is 2.53. The molecule has 0 spiro atoms. The van der Waals surface area contributed by atoms with E-state index in [9.17, 15) is 9.59 Å². The molecule has 0 aromatic heterocycles. The van der Waals surface area contributed by atoms with Gasteiger partial charge in [0.1, 0.15) is 6.04 Å². The second kappa shape index (κ2) is 5.53. The van der Waals surface area contributed by atoms with Gasteiger partial charge in [0, 0.05) is 5.69 Å². The van der Waals surface area contributed by atoms with Crippen molar-refractivity contribution in [2.75, 3.05) is 5.32 Å². The number of benzene rings is 1. The molecule has 0 saturated heterocycles. The third-order valence-corrected chi connectivity index (χ3v) is 4.09. The van der Waals surface area contributed by atoms with Crippen LogP contribution in [0.1, 0.15) is 38.8 Å². The van der Waals surface area contributed by atoms with E-state index in [1.807, 2.05) is 45.0 Å².